The number of nitrogens with zero attached hydrogens (tertiary/aromatic N) is 5. The van der Waals surface area contributed by atoms with Crippen molar-refractivity contribution in [3.63, 3.8) is 0 Å². The maximum Gasteiger partial charge on any atom is 0.410 e. The van der Waals surface area contributed by atoms with Gasteiger partial charge in [-0.25, -0.2) is 13.6 Å². The summed E-state index contributed by atoms with van der Waals surface area (Å²) < 4.78 is 39.3. The molecule has 10 heteroatoms. The second-order valence-electron chi connectivity index (χ2n) is 9.83. The molecule has 0 spiro atoms. The van der Waals surface area contributed by atoms with Crippen molar-refractivity contribution in [2.24, 2.45) is 0 Å². The van der Waals surface area contributed by atoms with E-state index >= 15 is 0 Å². The van der Waals surface area contributed by atoms with E-state index in [0.29, 0.717) is 12.4 Å². The summed E-state index contributed by atoms with van der Waals surface area (Å²) in [6.07, 6.45) is -1.49. The van der Waals surface area contributed by atoms with Crippen LogP contribution < -0.4 is 0 Å². The summed E-state index contributed by atoms with van der Waals surface area (Å²) in [4.78, 5) is 18.5. The zero-order chi connectivity index (χ0) is 25.4. The molecule has 0 atom stereocenters. The first-order chi connectivity index (χ1) is 16.6. The Morgan fingerprint density at radius 1 is 1.29 bits per heavy atom. The second kappa shape index (κ2) is 9.39. The number of ether oxygens (including phenoxy) is 1. The lowest BCUT2D eigenvalue weighted by atomic mass is 9.91. The number of hydrogen-bond acceptors (Lipinski definition) is 6. The highest BCUT2D eigenvalue weighted by Crippen LogP contribution is 2.53. The van der Waals surface area contributed by atoms with Gasteiger partial charge in [0.25, 0.3) is 12.3 Å². The smallest absolute Gasteiger partial charge is 0.410 e. The first-order valence-corrected chi connectivity index (χ1v) is 11.8. The number of aromatic nitrogens is 4. The van der Waals surface area contributed by atoms with Gasteiger partial charge in [-0.2, -0.15) is 10.1 Å². The number of amides is 1. The number of hydrogen-bond donors (Lipinski definition) is 0. The van der Waals surface area contributed by atoms with Crippen molar-refractivity contribution in [3.05, 3.63) is 53.0 Å². The number of halogens is 2. The van der Waals surface area contributed by atoms with Crippen molar-refractivity contribution < 1.29 is 22.8 Å². The highest BCUT2D eigenvalue weighted by atomic mass is 19.3. The molecule has 1 aromatic carbocycles. The van der Waals surface area contributed by atoms with E-state index in [9.17, 15) is 13.6 Å². The van der Waals surface area contributed by atoms with Crippen molar-refractivity contribution >= 4 is 6.09 Å². The van der Waals surface area contributed by atoms with Crippen LogP contribution in [0.4, 0.5) is 13.6 Å². The molecular formula is C25H31F2N5O3. The van der Waals surface area contributed by atoms with Gasteiger partial charge in [0.1, 0.15) is 12.3 Å². The third kappa shape index (κ3) is 4.92. The largest absolute Gasteiger partial charge is 0.447 e. The van der Waals surface area contributed by atoms with Gasteiger partial charge in [0, 0.05) is 12.1 Å². The van der Waals surface area contributed by atoms with Gasteiger partial charge in [0.05, 0.1) is 12.0 Å². The van der Waals surface area contributed by atoms with Crippen LogP contribution >= 0.6 is 0 Å². The summed E-state index contributed by atoms with van der Waals surface area (Å²) in [5, 5.41) is 8.42. The van der Waals surface area contributed by atoms with E-state index in [4.69, 9.17) is 9.26 Å². The van der Waals surface area contributed by atoms with Crippen LogP contribution in [-0.4, -0.2) is 49.6 Å². The molecule has 4 rings (SSSR count). The fourth-order valence-electron chi connectivity index (χ4n) is 4.44. The summed E-state index contributed by atoms with van der Waals surface area (Å²) in [6, 6.07) is 9.30. The highest BCUT2D eigenvalue weighted by molar-refractivity contribution is 5.68. The zero-order valence-corrected chi connectivity index (χ0v) is 20.7. The average molecular weight is 488 g/mol. The molecule has 0 radical (unpaired) electrons. The minimum absolute atomic E-state index is 0.0265. The maximum absolute atomic E-state index is 13.7. The van der Waals surface area contributed by atoms with Gasteiger partial charge in [-0.15, -0.1) is 0 Å². The number of benzene rings is 1. The van der Waals surface area contributed by atoms with Crippen molar-refractivity contribution in [3.8, 4) is 11.6 Å². The molecule has 188 valence electrons. The number of carbonyl (C=O) groups excluding carboxylic acids is 1. The van der Waals surface area contributed by atoms with Crippen LogP contribution in [0.2, 0.25) is 0 Å². The molecule has 0 bridgehead atoms. The van der Waals surface area contributed by atoms with Crippen LogP contribution in [0.5, 0.6) is 0 Å². The van der Waals surface area contributed by atoms with E-state index in [1.165, 1.54) is 6.07 Å². The fourth-order valence-corrected chi connectivity index (χ4v) is 4.44. The van der Waals surface area contributed by atoms with Crippen molar-refractivity contribution in [2.45, 2.75) is 71.4 Å². The summed E-state index contributed by atoms with van der Waals surface area (Å²) in [7, 11) is 0. The summed E-state index contributed by atoms with van der Waals surface area (Å²) in [5.74, 6) is 0.619. The number of aryl methyl sites for hydroxylation is 1. The first-order valence-electron chi connectivity index (χ1n) is 11.8. The predicted molar refractivity (Wildman–Crippen MR) is 125 cm³/mol. The average Bonchev–Trinajstić information content (AvgIpc) is 3.23. The molecule has 2 heterocycles. The normalized spacial score (nSPS) is 14.9. The Kier molecular flexibility index (Phi) is 6.66. The monoisotopic (exact) mass is 487 g/mol. The lowest BCUT2D eigenvalue weighted by Crippen LogP contribution is -2.45. The van der Waals surface area contributed by atoms with Gasteiger partial charge in [-0.05, 0) is 64.7 Å². The van der Waals surface area contributed by atoms with Crippen LogP contribution in [0.1, 0.15) is 69.6 Å². The molecule has 3 aromatic rings. The van der Waals surface area contributed by atoms with Crippen molar-refractivity contribution in [2.75, 3.05) is 13.2 Å². The van der Waals surface area contributed by atoms with E-state index < -0.39 is 18.1 Å². The molecule has 1 aliphatic carbocycles. The van der Waals surface area contributed by atoms with E-state index in [1.807, 2.05) is 52.8 Å². The molecule has 0 unspecified atom stereocenters. The second-order valence-corrected chi connectivity index (χ2v) is 9.83. The van der Waals surface area contributed by atoms with Crippen LogP contribution in [0.3, 0.4) is 0 Å². The van der Waals surface area contributed by atoms with E-state index in [1.54, 1.807) is 4.90 Å². The van der Waals surface area contributed by atoms with Gasteiger partial charge in [-0.3, -0.25) is 4.68 Å². The van der Waals surface area contributed by atoms with E-state index in [0.717, 1.165) is 28.7 Å². The van der Waals surface area contributed by atoms with Crippen LogP contribution in [-0.2, 0) is 16.7 Å². The number of alkyl halides is 2. The first kappa shape index (κ1) is 24.8. The van der Waals surface area contributed by atoms with Crippen LogP contribution in [0.25, 0.3) is 11.6 Å². The minimum atomic E-state index is -2.77. The van der Waals surface area contributed by atoms with Gasteiger partial charge < -0.3 is 14.2 Å². The van der Waals surface area contributed by atoms with Gasteiger partial charge in [0.2, 0.25) is 0 Å². The summed E-state index contributed by atoms with van der Waals surface area (Å²) >= 11 is 0. The molecule has 35 heavy (non-hydrogen) atoms. The molecule has 1 fully saturated rings. The molecule has 0 N–H and O–H groups in total. The Hall–Kier alpha value is -3.30. The molecule has 8 nitrogen and oxygen atoms in total. The maximum atomic E-state index is 13.7. The Balaban J connectivity index is 1.51. The molecule has 1 aliphatic rings. The summed E-state index contributed by atoms with van der Waals surface area (Å²) in [5.41, 5.74) is 1.42. The molecule has 0 saturated heterocycles. The fraction of sp³-hybridized carbons (Fsp3) is 0.520. The van der Waals surface area contributed by atoms with E-state index in [2.05, 4.69) is 21.3 Å². The SMILES string of the molecule is CCN(C(=O)OCCn1nc(-c2nc(C3(c4ccccc4C)CC3)no2)cc1C(F)F)C(C)(C)C. The van der Waals surface area contributed by atoms with Gasteiger partial charge in [0.15, 0.2) is 11.5 Å². The zero-order valence-electron chi connectivity index (χ0n) is 20.7. The lowest BCUT2D eigenvalue weighted by Gasteiger charge is -2.33. The number of rotatable bonds is 8. The highest BCUT2D eigenvalue weighted by Gasteiger charge is 2.50. The van der Waals surface area contributed by atoms with Crippen LogP contribution in [0, 0.1) is 6.92 Å². The molecule has 0 aliphatic heterocycles. The third-order valence-electron chi connectivity index (χ3n) is 6.39. The Morgan fingerprint density at radius 3 is 2.60 bits per heavy atom. The minimum Gasteiger partial charge on any atom is -0.447 e. The topological polar surface area (TPSA) is 86.3 Å². The van der Waals surface area contributed by atoms with Crippen LogP contribution in [0.15, 0.2) is 34.9 Å². The molecule has 2 aromatic heterocycles. The Morgan fingerprint density at radius 2 is 2.00 bits per heavy atom. The third-order valence-corrected chi connectivity index (χ3v) is 6.39. The van der Waals surface area contributed by atoms with Gasteiger partial charge in [-0.1, -0.05) is 29.4 Å². The van der Waals surface area contributed by atoms with Crippen molar-refractivity contribution in [1.29, 1.82) is 0 Å². The quantitative estimate of drug-likeness (QED) is 0.416. The molecule has 1 amide bonds. The molecular weight excluding hydrogens is 456 g/mol. The number of carbonyl (C=O) groups is 1. The van der Waals surface area contributed by atoms with Crippen molar-refractivity contribution in [1.82, 2.24) is 24.8 Å². The lowest BCUT2D eigenvalue weighted by molar-refractivity contribution is 0.0664. The van der Waals surface area contributed by atoms with Gasteiger partial charge >= 0.3 is 6.09 Å². The standard InChI is InChI=1S/C25H31F2N5O3/c1-6-31(24(3,4)5)23(33)34-14-13-32-19(20(26)27)15-18(29-32)21-28-22(30-35-21)25(11-12-25)17-10-8-7-9-16(17)2/h7-10,15,20H,6,11-14H2,1-5H3. The predicted octanol–water partition coefficient (Wildman–Crippen LogP) is 5.52. The Bertz CT molecular complexity index is 1190. The molecule has 1 saturated carbocycles. The van der Waals surface area contributed by atoms with E-state index in [-0.39, 0.29) is 35.8 Å². The summed E-state index contributed by atoms with van der Waals surface area (Å²) in [6.45, 7) is 9.94. The Labute approximate surface area is 203 Å².